The van der Waals surface area contributed by atoms with Crippen LogP contribution in [0.15, 0.2) is 66.9 Å². The molecule has 4 aromatic rings. The number of fused-ring (bicyclic) bond motifs is 1. The van der Waals surface area contributed by atoms with Crippen molar-refractivity contribution in [2.24, 2.45) is 0 Å². The van der Waals surface area contributed by atoms with Gasteiger partial charge in [0.1, 0.15) is 11.9 Å². The summed E-state index contributed by atoms with van der Waals surface area (Å²) in [5.74, 6) is -0.813. The van der Waals surface area contributed by atoms with E-state index >= 15 is 0 Å². The van der Waals surface area contributed by atoms with Crippen LogP contribution in [0.1, 0.15) is 67.6 Å². The van der Waals surface area contributed by atoms with E-state index < -0.39 is 23.8 Å². The van der Waals surface area contributed by atoms with Crippen molar-refractivity contribution in [3.05, 3.63) is 83.0 Å². The van der Waals surface area contributed by atoms with Gasteiger partial charge in [-0.1, -0.05) is 54.1 Å². The predicted molar refractivity (Wildman–Crippen MR) is 168 cm³/mol. The quantitative estimate of drug-likeness (QED) is 0.162. The number of halogens is 1. The highest BCUT2D eigenvalue weighted by molar-refractivity contribution is 6.42. The Morgan fingerprint density at radius 2 is 1.74 bits per heavy atom. The van der Waals surface area contributed by atoms with Crippen molar-refractivity contribution in [2.75, 3.05) is 19.6 Å². The number of nitrogens with one attached hydrogen (secondary N) is 1. The monoisotopic (exact) mass is 600 g/mol. The molecule has 1 saturated heterocycles. The molecule has 0 unspecified atom stereocenters. The van der Waals surface area contributed by atoms with Gasteiger partial charge in [-0.2, -0.15) is 5.10 Å². The van der Waals surface area contributed by atoms with Crippen LogP contribution in [-0.2, 0) is 4.79 Å². The molecule has 1 aliphatic carbocycles. The van der Waals surface area contributed by atoms with E-state index in [0.717, 1.165) is 60.8 Å². The zero-order chi connectivity index (χ0) is 30.1. The summed E-state index contributed by atoms with van der Waals surface area (Å²) < 4.78 is 7.81. The minimum atomic E-state index is -1.05. The first-order valence-corrected chi connectivity index (χ1v) is 15.4. The number of carbonyl (C=O) groups is 2. The van der Waals surface area contributed by atoms with Crippen molar-refractivity contribution in [3.8, 4) is 16.9 Å². The molecule has 6 rings (SSSR count). The zero-order valence-corrected chi connectivity index (χ0v) is 25.3. The van der Waals surface area contributed by atoms with Gasteiger partial charge in [0.2, 0.25) is 5.78 Å². The van der Waals surface area contributed by atoms with Crippen molar-refractivity contribution in [1.82, 2.24) is 20.0 Å². The van der Waals surface area contributed by atoms with Crippen LogP contribution in [-0.4, -0.2) is 63.3 Å². The molecule has 2 heterocycles. The molecule has 43 heavy (non-hydrogen) atoms. The SMILES string of the molecule is CC(C)n1ncc2ccc(-c3ccc(C(=O)C(=O)N[C@H](CN4CCCC4)[C@H](O)c4ccc(OC5CC5)c(Cl)c4)cc3)cc21. The Kier molecular flexibility index (Phi) is 8.52. The first-order chi connectivity index (χ1) is 20.8. The zero-order valence-electron chi connectivity index (χ0n) is 24.5. The lowest BCUT2D eigenvalue weighted by atomic mass is 9.99. The maximum Gasteiger partial charge on any atom is 0.292 e. The third-order valence-corrected chi connectivity index (χ3v) is 8.54. The highest BCUT2D eigenvalue weighted by Gasteiger charge is 2.30. The first-order valence-electron chi connectivity index (χ1n) is 15.1. The lowest BCUT2D eigenvalue weighted by Gasteiger charge is -2.28. The second-order valence-electron chi connectivity index (χ2n) is 11.9. The van der Waals surface area contributed by atoms with Gasteiger partial charge in [0.25, 0.3) is 5.91 Å². The second-order valence-corrected chi connectivity index (χ2v) is 12.3. The van der Waals surface area contributed by atoms with Crippen LogP contribution in [0.3, 0.4) is 0 Å². The van der Waals surface area contributed by atoms with Crippen LogP contribution in [0.4, 0.5) is 0 Å². The fourth-order valence-corrected chi connectivity index (χ4v) is 5.90. The number of ketones is 1. The molecule has 1 aliphatic heterocycles. The molecule has 224 valence electrons. The van der Waals surface area contributed by atoms with E-state index in [-0.39, 0.29) is 17.7 Å². The van der Waals surface area contributed by atoms with Crippen LogP contribution in [0.2, 0.25) is 5.02 Å². The number of rotatable bonds is 11. The van der Waals surface area contributed by atoms with Gasteiger partial charge in [-0.3, -0.25) is 14.3 Å². The summed E-state index contributed by atoms with van der Waals surface area (Å²) in [5.41, 5.74) is 3.82. The molecular weight excluding hydrogens is 564 g/mol. The van der Waals surface area contributed by atoms with E-state index in [1.54, 1.807) is 30.3 Å². The summed E-state index contributed by atoms with van der Waals surface area (Å²) in [5, 5.41) is 20.2. The number of benzene rings is 3. The minimum absolute atomic E-state index is 0.203. The molecule has 1 aromatic heterocycles. The number of carbonyl (C=O) groups excluding carboxylic acids is 2. The lowest BCUT2D eigenvalue weighted by molar-refractivity contribution is -0.118. The van der Waals surface area contributed by atoms with Crippen LogP contribution in [0.25, 0.3) is 22.0 Å². The number of ether oxygens (including phenoxy) is 1. The number of hydrogen-bond acceptors (Lipinski definition) is 6. The summed E-state index contributed by atoms with van der Waals surface area (Å²) in [6.45, 7) is 6.37. The highest BCUT2D eigenvalue weighted by atomic mass is 35.5. The van der Waals surface area contributed by atoms with Crippen LogP contribution >= 0.6 is 11.6 Å². The van der Waals surface area contributed by atoms with E-state index in [1.807, 2.05) is 35.1 Å². The van der Waals surface area contributed by atoms with Gasteiger partial charge < -0.3 is 20.1 Å². The van der Waals surface area contributed by atoms with Gasteiger partial charge in [0.15, 0.2) is 0 Å². The molecule has 9 heteroatoms. The molecule has 1 saturated carbocycles. The Morgan fingerprint density at radius 1 is 1.02 bits per heavy atom. The predicted octanol–water partition coefficient (Wildman–Crippen LogP) is 5.98. The third kappa shape index (κ3) is 6.61. The van der Waals surface area contributed by atoms with Crippen LogP contribution in [0.5, 0.6) is 5.75 Å². The summed E-state index contributed by atoms with van der Waals surface area (Å²) in [6.07, 6.45) is 5.17. The number of hydrogen-bond donors (Lipinski definition) is 2. The maximum atomic E-state index is 13.2. The van der Waals surface area contributed by atoms with Gasteiger partial charge in [-0.15, -0.1) is 0 Å². The summed E-state index contributed by atoms with van der Waals surface area (Å²) >= 11 is 6.47. The number of nitrogens with zero attached hydrogens (tertiary/aromatic N) is 3. The van der Waals surface area contributed by atoms with Gasteiger partial charge in [-0.05, 0) is 87.5 Å². The molecule has 2 aliphatic rings. The Bertz CT molecular complexity index is 1620. The van der Waals surface area contributed by atoms with E-state index in [1.165, 1.54) is 0 Å². The van der Waals surface area contributed by atoms with E-state index in [4.69, 9.17) is 16.3 Å². The average Bonchev–Trinajstić information content (AvgIpc) is 3.48. The number of aromatic nitrogens is 2. The Balaban J connectivity index is 1.17. The summed E-state index contributed by atoms with van der Waals surface area (Å²) in [7, 11) is 0. The number of Topliss-reactive ketones (excluding diaryl/α,β-unsaturated/α-hetero) is 1. The van der Waals surface area contributed by atoms with Crippen LogP contribution < -0.4 is 10.1 Å². The Hall–Kier alpha value is -3.72. The third-order valence-electron chi connectivity index (χ3n) is 8.24. The molecular formula is C34H37ClN4O4. The molecule has 8 nitrogen and oxygen atoms in total. The molecule has 2 atom stereocenters. The summed E-state index contributed by atoms with van der Waals surface area (Å²) in [6, 6.07) is 17.9. The molecule has 1 amide bonds. The van der Waals surface area contributed by atoms with Crippen molar-refractivity contribution >= 4 is 34.2 Å². The van der Waals surface area contributed by atoms with Crippen molar-refractivity contribution in [3.63, 3.8) is 0 Å². The van der Waals surface area contributed by atoms with E-state index in [9.17, 15) is 14.7 Å². The Morgan fingerprint density at radius 3 is 2.42 bits per heavy atom. The lowest BCUT2D eigenvalue weighted by Crippen LogP contribution is -2.48. The minimum Gasteiger partial charge on any atom is -0.489 e. The molecule has 0 spiro atoms. The summed E-state index contributed by atoms with van der Waals surface area (Å²) in [4.78, 5) is 28.7. The fourth-order valence-electron chi connectivity index (χ4n) is 5.67. The fraction of sp³-hybridized carbons (Fsp3) is 0.382. The normalized spacial score (nSPS) is 16.9. The Labute approximate surface area is 256 Å². The molecule has 2 fully saturated rings. The molecule has 3 aromatic carbocycles. The average molecular weight is 601 g/mol. The van der Waals surface area contributed by atoms with Gasteiger partial charge in [0, 0.05) is 23.5 Å². The number of aliphatic hydroxyl groups is 1. The van der Waals surface area contributed by atoms with Crippen molar-refractivity contribution in [1.29, 1.82) is 0 Å². The maximum absolute atomic E-state index is 13.2. The van der Waals surface area contributed by atoms with E-state index in [0.29, 0.717) is 22.9 Å². The molecule has 0 bridgehead atoms. The first kappa shape index (κ1) is 29.4. The topological polar surface area (TPSA) is 96.7 Å². The largest absolute Gasteiger partial charge is 0.489 e. The highest BCUT2D eigenvalue weighted by Crippen LogP contribution is 2.34. The van der Waals surface area contributed by atoms with E-state index in [2.05, 4.69) is 35.2 Å². The number of likely N-dealkylation sites (tertiary alicyclic amines) is 1. The smallest absolute Gasteiger partial charge is 0.292 e. The van der Waals surface area contributed by atoms with Gasteiger partial charge >= 0.3 is 0 Å². The van der Waals surface area contributed by atoms with Crippen LogP contribution in [0, 0.1) is 0 Å². The standard InChI is InChI=1S/C34H37ClN4O4/c1-21(2)39-30-18-24(9-10-26(30)19-36-39)22-5-7-23(8-6-22)33(41)34(42)37-29(20-38-15-3-4-16-38)32(40)25-11-14-31(28(35)17-25)43-27-12-13-27/h5-11,14,17-19,21,27,29,32,40H,3-4,12-13,15-16,20H2,1-2H3,(H,37,42)/t29-,32-/m1/s1. The molecule has 0 radical (unpaired) electrons. The van der Waals surface area contributed by atoms with Gasteiger partial charge in [0.05, 0.1) is 28.9 Å². The molecule has 2 N–H and O–H groups in total. The number of aliphatic hydroxyl groups excluding tert-OH is 1. The van der Waals surface area contributed by atoms with Gasteiger partial charge in [-0.25, -0.2) is 0 Å². The van der Waals surface area contributed by atoms with Crippen molar-refractivity contribution in [2.45, 2.75) is 63.8 Å². The van der Waals surface area contributed by atoms with Crippen molar-refractivity contribution < 1.29 is 19.4 Å². The second kappa shape index (κ2) is 12.5. The number of amides is 1.